The second-order valence-corrected chi connectivity index (χ2v) is 23.3. The van der Waals surface area contributed by atoms with Gasteiger partial charge in [-0.05, 0) is 114 Å². The van der Waals surface area contributed by atoms with E-state index in [9.17, 15) is 0 Å². The van der Waals surface area contributed by atoms with Crippen LogP contribution in [0.4, 0.5) is 11.4 Å². The minimum atomic E-state index is -0.298. The third-order valence-corrected chi connectivity index (χ3v) is 17.0. The molecule has 0 fully saturated rings. The average Bonchev–Trinajstić information content (AvgIpc) is 3.99. The summed E-state index contributed by atoms with van der Waals surface area (Å²) >= 11 is 0. The Kier molecular flexibility index (Phi) is 7.93. The summed E-state index contributed by atoms with van der Waals surface area (Å²) in [5.74, 6) is 0. The zero-order valence-electron chi connectivity index (χ0n) is 41.7. The van der Waals surface area contributed by atoms with Crippen molar-refractivity contribution in [3.8, 4) is 11.4 Å². The van der Waals surface area contributed by atoms with Crippen LogP contribution in [-0.4, -0.2) is 15.8 Å². The normalized spacial score (nSPS) is 15.0. The second-order valence-electron chi connectivity index (χ2n) is 23.3. The number of fused-ring (bicyclic) bond motifs is 19. The highest BCUT2D eigenvalue weighted by atomic mass is 15.2. The molecular weight excluding hydrogens is 858 g/mol. The van der Waals surface area contributed by atoms with E-state index in [0.29, 0.717) is 0 Å². The fourth-order valence-electron chi connectivity index (χ4n) is 13.7. The van der Waals surface area contributed by atoms with Gasteiger partial charge in [-0.1, -0.05) is 194 Å². The zero-order valence-corrected chi connectivity index (χ0v) is 41.7. The van der Waals surface area contributed by atoms with E-state index in [0.717, 1.165) is 0 Å². The third kappa shape index (κ3) is 5.25. The zero-order chi connectivity index (χ0) is 48.0. The van der Waals surface area contributed by atoms with Crippen molar-refractivity contribution in [3.63, 3.8) is 0 Å². The van der Waals surface area contributed by atoms with Gasteiger partial charge in [-0.15, -0.1) is 0 Å². The lowest BCUT2D eigenvalue weighted by Crippen LogP contribution is -2.56. The molecule has 0 bridgehead atoms. The van der Waals surface area contributed by atoms with Gasteiger partial charge in [0.15, 0.2) is 0 Å². The largest absolute Gasteiger partial charge is 0.311 e. The summed E-state index contributed by atoms with van der Waals surface area (Å²) in [7, 11) is 0. The van der Waals surface area contributed by atoms with E-state index in [4.69, 9.17) is 0 Å². The molecule has 3 nitrogen and oxygen atoms in total. The molecule has 0 saturated carbocycles. The van der Waals surface area contributed by atoms with Gasteiger partial charge in [0.2, 0.25) is 6.71 Å². The van der Waals surface area contributed by atoms with Gasteiger partial charge in [0, 0.05) is 66.2 Å². The Bertz CT molecular complexity index is 4380. The molecule has 4 heterocycles. The monoisotopic (exact) mass is 911 g/mol. The summed E-state index contributed by atoms with van der Waals surface area (Å²) in [5.41, 5.74) is 20.6. The average molecular weight is 912 g/mol. The van der Waals surface area contributed by atoms with Gasteiger partial charge in [0.05, 0.1) is 22.2 Å². The number of para-hydroxylation sites is 3. The molecule has 0 radical (unpaired) electrons. The molecule has 71 heavy (non-hydrogen) atoms. The smallest absolute Gasteiger partial charge is 0.248 e. The predicted molar refractivity (Wildman–Crippen MR) is 305 cm³/mol. The fourth-order valence-corrected chi connectivity index (χ4v) is 13.7. The number of anilines is 2. The van der Waals surface area contributed by atoms with E-state index in [2.05, 4.69) is 251 Å². The number of hydrogen-bond acceptors (Lipinski definition) is 1. The first-order valence-corrected chi connectivity index (χ1v) is 25.6. The van der Waals surface area contributed by atoms with Gasteiger partial charge in [-0.25, -0.2) is 0 Å². The van der Waals surface area contributed by atoms with E-state index in [-0.39, 0.29) is 23.0 Å². The summed E-state index contributed by atoms with van der Waals surface area (Å²) in [6.07, 6.45) is 0. The van der Waals surface area contributed by atoms with Crippen LogP contribution in [0, 0.1) is 0 Å². The maximum absolute atomic E-state index is 2.73. The van der Waals surface area contributed by atoms with Gasteiger partial charge >= 0.3 is 0 Å². The highest BCUT2D eigenvalue weighted by molar-refractivity contribution is 6.96. The fraction of sp³-hybridized carbons (Fsp3) is 0.164. The van der Waals surface area contributed by atoms with Crippen LogP contribution in [0.3, 0.4) is 0 Å². The molecule has 2 aliphatic heterocycles. The van der Waals surface area contributed by atoms with Crippen molar-refractivity contribution in [1.82, 2.24) is 9.13 Å². The lowest BCUT2D eigenvalue weighted by atomic mass is 9.30. The molecule has 3 aliphatic rings. The van der Waals surface area contributed by atoms with Crippen molar-refractivity contribution < 1.29 is 0 Å². The van der Waals surface area contributed by atoms with Crippen LogP contribution in [0.15, 0.2) is 187 Å². The molecule has 15 rings (SSSR count). The molecule has 0 saturated heterocycles. The van der Waals surface area contributed by atoms with Crippen LogP contribution in [-0.2, 0) is 16.2 Å². The summed E-state index contributed by atoms with van der Waals surface area (Å²) < 4.78 is 5.26. The van der Waals surface area contributed by atoms with E-state index >= 15 is 0 Å². The quantitative estimate of drug-likeness (QED) is 0.124. The number of rotatable bonds is 2. The number of aromatic nitrogens is 2. The molecule has 0 N–H and O–H groups in total. The number of benzene rings is 10. The van der Waals surface area contributed by atoms with Crippen molar-refractivity contribution in [2.24, 2.45) is 0 Å². The summed E-state index contributed by atoms with van der Waals surface area (Å²) in [4.78, 5) is 2.70. The first kappa shape index (κ1) is 41.0. The molecule has 2 aromatic heterocycles. The minimum Gasteiger partial charge on any atom is -0.311 e. The third-order valence-electron chi connectivity index (χ3n) is 17.0. The van der Waals surface area contributed by atoms with Gasteiger partial charge in [-0.2, -0.15) is 0 Å². The van der Waals surface area contributed by atoms with Crippen molar-refractivity contribution in [2.75, 3.05) is 4.90 Å². The number of allylic oxidation sites excluding steroid dienone is 1. The molecule has 4 heteroatoms. The minimum absolute atomic E-state index is 0.0177. The standard InChI is InChI=1S/C67H54BN3/c1-65(2,3)39-29-32-42(33-30-39)70-56-38-50-45-23-13-12-21-43(45)44-22-14-15-25-47(44)57(50)63-59(56)68(64-62(70)51-37-40(66(4,5)6)31-35-52(51)67(64,7)8)53-27-18-26-49-58-55(71(63)60(49)53)36-34-48-46-24-16-17-28-54(46)69(61(48)58)41-19-10-9-11-20-41/h9-38H,1-8H3. The molecule has 0 amide bonds. The SMILES string of the molecule is CC(C)(C)c1ccc(N2C3=C(B4c5c2cc2c6ccccc6c6ccccc6c2c5-n2c5ccc6c7ccccc7n(-c7ccccc7)c6c5c5cccc4c52)C(C)(C)c2ccc(C(C)(C)C)cc23)cc1. The Balaban J connectivity index is 1.20. The maximum atomic E-state index is 2.73. The van der Waals surface area contributed by atoms with Crippen molar-refractivity contribution in [3.05, 3.63) is 210 Å². The van der Waals surface area contributed by atoms with Crippen molar-refractivity contribution in [2.45, 2.75) is 71.6 Å². The molecule has 0 unspecified atom stereocenters. The van der Waals surface area contributed by atoms with Crippen LogP contribution in [0.25, 0.3) is 93.0 Å². The highest BCUT2D eigenvalue weighted by Gasteiger charge is 2.53. The van der Waals surface area contributed by atoms with Crippen LogP contribution in [0.5, 0.6) is 0 Å². The summed E-state index contributed by atoms with van der Waals surface area (Å²) in [6.45, 7) is 19.0. The number of hydrogen-bond donors (Lipinski definition) is 0. The van der Waals surface area contributed by atoms with E-state index < -0.39 is 0 Å². The molecule has 340 valence electrons. The lowest BCUT2D eigenvalue weighted by Gasteiger charge is -2.43. The highest BCUT2D eigenvalue weighted by Crippen LogP contribution is 2.57. The topological polar surface area (TPSA) is 13.1 Å². The molecule has 0 atom stereocenters. The molecular formula is C67H54BN3. The molecule has 12 aromatic rings. The second kappa shape index (κ2) is 13.7. The van der Waals surface area contributed by atoms with Crippen molar-refractivity contribution in [1.29, 1.82) is 0 Å². The van der Waals surface area contributed by atoms with Crippen molar-refractivity contribution >= 4 is 111 Å². The predicted octanol–water partition coefficient (Wildman–Crippen LogP) is 16.3. The maximum Gasteiger partial charge on any atom is 0.248 e. The Labute approximate surface area is 415 Å². The van der Waals surface area contributed by atoms with E-state index in [1.807, 2.05) is 0 Å². The van der Waals surface area contributed by atoms with Gasteiger partial charge in [-0.3, -0.25) is 0 Å². The summed E-state index contributed by atoms with van der Waals surface area (Å²) in [5, 5.41) is 12.9. The van der Waals surface area contributed by atoms with Gasteiger partial charge in [0.1, 0.15) is 0 Å². The molecule has 1 aliphatic carbocycles. The van der Waals surface area contributed by atoms with Crippen LogP contribution in [0.1, 0.15) is 77.6 Å². The van der Waals surface area contributed by atoms with Crippen LogP contribution >= 0.6 is 0 Å². The number of nitrogens with zero attached hydrogens (tertiary/aromatic N) is 3. The van der Waals surface area contributed by atoms with Crippen LogP contribution < -0.4 is 15.8 Å². The Morgan fingerprint density at radius 3 is 1.77 bits per heavy atom. The lowest BCUT2D eigenvalue weighted by molar-refractivity contribution is 0.588. The van der Waals surface area contributed by atoms with Gasteiger partial charge < -0.3 is 14.0 Å². The Hall–Kier alpha value is -7.82. The van der Waals surface area contributed by atoms with Crippen LogP contribution in [0.2, 0.25) is 0 Å². The van der Waals surface area contributed by atoms with E-state index in [1.54, 1.807) is 0 Å². The Morgan fingerprint density at radius 2 is 1.06 bits per heavy atom. The summed E-state index contributed by atoms with van der Waals surface area (Å²) in [6, 6.07) is 70.0. The Morgan fingerprint density at radius 1 is 0.437 bits per heavy atom. The molecule has 10 aromatic carbocycles. The molecule has 0 spiro atoms. The first-order chi connectivity index (χ1) is 34.3. The van der Waals surface area contributed by atoms with Gasteiger partial charge in [0.25, 0.3) is 0 Å². The first-order valence-electron chi connectivity index (χ1n) is 25.6. The van der Waals surface area contributed by atoms with E-state index in [1.165, 1.54) is 143 Å².